The van der Waals surface area contributed by atoms with E-state index in [2.05, 4.69) is 15.0 Å². The minimum Gasteiger partial charge on any atom is -0.370 e. The van der Waals surface area contributed by atoms with Crippen LogP contribution in [-0.4, -0.2) is 19.9 Å². The first-order chi connectivity index (χ1) is 10.0. The summed E-state index contributed by atoms with van der Waals surface area (Å²) >= 11 is 0. The summed E-state index contributed by atoms with van der Waals surface area (Å²) in [5.41, 5.74) is 0.296. The number of hydrogen-bond donors (Lipinski definition) is 2. The molecule has 0 fully saturated rings. The molecule has 0 spiro atoms. The fraction of sp³-hybridized carbons (Fsp3) is 0.214. The maximum absolute atomic E-state index is 12.8. The molecule has 0 radical (unpaired) electrons. The van der Waals surface area contributed by atoms with E-state index in [1.54, 1.807) is 6.07 Å². The van der Waals surface area contributed by atoms with Gasteiger partial charge in [0.25, 0.3) is 10.0 Å². The van der Waals surface area contributed by atoms with Crippen LogP contribution in [0.3, 0.4) is 0 Å². The summed E-state index contributed by atoms with van der Waals surface area (Å²) in [7, 11) is -3.73. The number of rotatable bonds is 6. The van der Waals surface area contributed by atoms with Crippen LogP contribution in [-0.2, 0) is 10.0 Å². The van der Waals surface area contributed by atoms with E-state index in [1.165, 1.54) is 36.5 Å². The molecule has 0 atom stereocenters. The molecule has 1 aromatic carbocycles. The van der Waals surface area contributed by atoms with Crippen LogP contribution < -0.4 is 10.0 Å². The first-order valence-electron chi connectivity index (χ1n) is 6.49. The molecule has 0 saturated carbocycles. The highest BCUT2D eigenvalue weighted by Gasteiger charge is 2.14. The van der Waals surface area contributed by atoms with Crippen molar-refractivity contribution in [2.45, 2.75) is 18.2 Å². The number of anilines is 2. The second kappa shape index (κ2) is 6.53. The van der Waals surface area contributed by atoms with Crippen LogP contribution in [0, 0.1) is 5.82 Å². The molecule has 7 heteroatoms. The lowest BCUT2D eigenvalue weighted by Gasteiger charge is -2.09. The zero-order chi connectivity index (χ0) is 15.3. The predicted molar refractivity (Wildman–Crippen MR) is 80.2 cm³/mol. The van der Waals surface area contributed by atoms with E-state index in [-0.39, 0.29) is 4.90 Å². The third kappa shape index (κ3) is 4.16. The summed E-state index contributed by atoms with van der Waals surface area (Å²) in [6.45, 7) is 2.80. The first-order valence-corrected chi connectivity index (χ1v) is 7.98. The minimum atomic E-state index is -3.73. The predicted octanol–water partition coefficient (Wildman–Crippen LogP) is 2.84. The van der Waals surface area contributed by atoms with E-state index < -0.39 is 15.8 Å². The van der Waals surface area contributed by atoms with E-state index >= 15 is 0 Å². The molecule has 0 amide bonds. The van der Waals surface area contributed by atoms with E-state index in [1.807, 2.05) is 6.92 Å². The molecule has 2 aromatic rings. The Labute approximate surface area is 123 Å². The van der Waals surface area contributed by atoms with Crippen LogP contribution in [0.5, 0.6) is 0 Å². The van der Waals surface area contributed by atoms with Gasteiger partial charge in [0.05, 0.1) is 0 Å². The summed E-state index contributed by atoms with van der Waals surface area (Å²) < 4.78 is 39.5. The van der Waals surface area contributed by atoms with Gasteiger partial charge >= 0.3 is 0 Å². The molecule has 0 unspecified atom stereocenters. The largest absolute Gasteiger partial charge is 0.370 e. The molecular weight excluding hydrogens is 293 g/mol. The second-order valence-corrected chi connectivity index (χ2v) is 6.10. The highest BCUT2D eigenvalue weighted by Crippen LogP contribution is 2.16. The van der Waals surface area contributed by atoms with E-state index in [4.69, 9.17) is 0 Å². The number of nitrogens with zero attached hydrogens (tertiary/aromatic N) is 1. The summed E-state index contributed by atoms with van der Waals surface area (Å²) in [5, 5.41) is 3.06. The lowest BCUT2D eigenvalue weighted by Crippen LogP contribution is -2.13. The van der Waals surface area contributed by atoms with E-state index in [0.29, 0.717) is 11.5 Å². The Morgan fingerprint density at radius 1 is 1.14 bits per heavy atom. The quantitative estimate of drug-likeness (QED) is 0.861. The van der Waals surface area contributed by atoms with Crippen molar-refractivity contribution in [1.29, 1.82) is 0 Å². The third-order valence-corrected chi connectivity index (χ3v) is 4.07. The molecule has 1 aromatic heterocycles. The Kier molecular flexibility index (Phi) is 4.74. The third-order valence-electron chi connectivity index (χ3n) is 2.70. The summed E-state index contributed by atoms with van der Waals surface area (Å²) in [6, 6.07) is 8.17. The number of halogens is 1. The molecule has 1 heterocycles. The van der Waals surface area contributed by atoms with Gasteiger partial charge in [-0.2, -0.15) is 0 Å². The first kappa shape index (κ1) is 15.2. The summed E-state index contributed by atoms with van der Waals surface area (Å²) in [4.78, 5) is 4.10. The second-order valence-electron chi connectivity index (χ2n) is 4.42. The van der Waals surface area contributed by atoms with E-state index in [9.17, 15) is 12.8 Å². The Balaban J connectivity index is 2.13. The molecule has 0 bridgehead atoms. The van der Waals surface area contributed by atoms with Gasteiger partial charge < -0.3 is 5.32 Å². The van der Waals surface area contributed by atoms with Gasteiger partial charge in [-0.3, -0.25) is 4.72 Å². The van der Waals surface area contributed by atoms with Gasteiger partial charge in [-0.05, 0) is 42.8 Å². The van der Waals surface area contributed by atoms with Crippen LogP contribution >= 0.6 is 0 Å². The monoisotopic (exact) mass is 309 g/mol. The van der Waals surface area contributed by atoms with Crippen LogP contribution in [0.4, 0.5) is 15.9 Å². The Morgan fingerprint density at radius 3 is 2.43 bits per heavy atom. The van der Waals surface area contributed by atoms with Crippen LogP contribution in [0.2, 0.25) is 0 Å². The number of pyridine rings is 1. The molecule has 2 rings (SSSR count). The zero-order valence-electron chi connectivity index (χ0n) is 11.5. The molecule has 0 aliphatic rings. The number of nitrogens with one attached hydrogen (secondary N) is 2. The fourth-order valence-corrected chi connectivity index (χ4v) is 2.63. The Hall–Kier alpha value is -2.15. The minimum absolute atomic E-state index is 0.0499. The van der Waals surface area contributed by atoms with Gasteiger partial charge in [-0.15, -0.1) is 0 Å². The standard InChI is InChI=1S/C14H16FN3O2S/c1-2-9-16-14-8-7-13(10-17-14)21(19,20)18-12-5-3-11(15)4-6-12/h3-8,10,18H,2,9H2,1H3,(H,16,17). The van der Waals surface area contributed by atoms with Crippen molar-refractivity contribution in [1.82, 2.24) is 4.98 Å². The van der Waals surface area contributed by atoms with E-state index in [0.717, 1.165) is 13.0 Å². The molecule has 21 heavy (non-hydrogen) atoms. The number of benzene rings is 1. The maximum Gasteiger partial charge on any atom is 0.263 e. The fourth-order valence-electron chi connectivity index (χ4n) is 1.63. The van der Waals surface area contributed by atoms with Gasteiger partial charge in [0, 0.05) is 18.4 Å². The summed E-state index contributed by atoms with van der Waals surface area (Å²) in [5.74, 6) is 0.198. The maximum atomic E-state index is 12.8. The lowest BCUT2D eigenvalue weighted by atomic mass is 10.3. The van der Waals surface area contributed by atoms with Crippen molar-refractivity contribution in [2.75, 3.05) is 16.6 Å². The molecule has 112 valence electrons. The zero-order valence-corrected chi connectivity index (χ0v) is 12.3. The average molecular weight is 309 g/mol. The van der Waals surface area contributed by atoms with Crippen molar-refractivity contribution in [3.63, 3.8) is 0 Å². The SMILES string of the molecule is CCCNc1ccc(S(=O)(=O)Nc2ccc(F)cc2)cn1. The highest BCUT2D eigenvalue weighted by atomic mass is 32.2. The highest BCUT2D eigenvalue weighted by molar-refractivity contribution is 7.92. The van der Waals surface area contributed by atoms with Crippen molar-refractivity contribution < 1.29 is 12.8 Å². The normalized spacial score (nSPS) is 11.1. The van der Waals surface area contributed by atoms with Crippen molar-refractivity contribution in [2.24, 2.45) is 0 Å². The lowest BCUT2D eigenvalue weighted by molar-refractivity contribution is 0.600. The van der Waals surface area contributed by atoms with Crippen molar-refractivity contribution in [3.05, 3.63) is 48.4 Å². The smallest absolute Gasteiger partial charge is 0.263 e. The summed E-state index contributed by atoms with van der Waals surface area (Å²) in [6.07, 6.45) is 2.23. The van der Waals surface area contributed by atoms with Crippen LogP contribution in [0.15, 0.2) is 47.5 Å². The van der Waals surface area contributed by atoms with Gasteiger partial charge in [0.15, 0.2) is 0 Å². The molecule has 0 aliphatic heterocycles. The molecule has 0 saturated heterocycles. The van der Waals surface area contributed by atoms with Gasteiger partial charge in [0.1, 0.15) is 16.5 Å². The number of sulfonamides is 1. The average Bonchev–Trinajstić information content (AvgIpc) is 2.48. The number of aromatic nitrogens is 1. The van der Waals surface area contributed by atoms with Crippen LogP contribution in [0.1, 0.15) is 13.3 Å². The topological polar surface area (TPSA) is 71.1 Å². The molecule has 5 nitrogen and oxygen atoms in total. The molecule has 2 N–H and O–H groups in total. The molecular formula is C14H16FN3O2S. The Bertz CT molecular complexity index is 685. The number of hydrogen-bond acceptors (Lipinski definition) is 4. The van der Waals surface area contributed by atoms with Crippen LogP contribution in [0.25, 0.3) is 0 Å². The Morgan fingerprint density at radius 2 is 1.86 bits per heavy atom. The van der Waals surface area contributed by atoms with Crippen molar-refractivity contribution in [3.8, 4) is 0 Å². The van der Waals surface area contributed by atoms with Gasteiger partial charge in [-0.25, -0.2) is 17.8 Å². The molecule has 0 aliphatic carbocycles. The van der Waals surface area contributed by atoms with Crippen molar-refractivity contribution >= 4 is 21.5 Å². The van der Waals surface area contributed by atoms with Gasteiger partial charge in [0.2, 0.25) is 0 Å². The van der Waals surface area contributed by atoms with Gasteiger partial charge in [-0.1, -0.05) is 6.92 Å².